The molecule has 0 amide bonds. The molecule has 3 nitrogen and oxygen atoms in total. The van der Waals surface area contributed by atoms with Crippen molar-refractivity contribution in [3.05, 3.63) is 53.3 Å². The fourth-order valence-electron chi connectivity index (χ4n) is 1.52. The first kappa shape index (κ1) is 11.9. The number of pyridine rings is 1. The number of hydrogen-bond acceptors (Lipinski definition) is 3. The molecule has 0 aliphatic heterocycles. The first-order valence-electron chi connectivity index (χ1n) is 5.31. The number of ether oxygens (including phenoxy) is 1. The van der Waals surface area contributed by atoms with Gasteiger partial charge >= 0.3 is 0 Å². The maximum absolute atomic E-state index is 6.14. The van der Waals surface area contributed by atoms with E-state index in [2.05, 4.69) is 10.3 Å². The van der Waals surface area contributed by atoms with Gasteiger partial charge in [-0.1, -0.05) is 23.7 Å². The first-order chi connectivity index (χ1) is 8.31. The van der Waals surface area contributed by atoms with Gasteiger partial charge in [0, 0.05) is 18.3 Å². The second kappa shape index (κ2) is 5.66. The fourth-order valence-corrected chi connectivity index (χ4v) is 1.76. The molecule has 0 saturated heterocycles. The molecular weight excluding hydrogens is 236 g/mol. The number of nitrogens with zero attached hydrogens (tertiary/aromatic N) is 1. The van der Waals surface area contributed by atoms with Gasteiger partial charge in [0.1, 0.15) is 5.75 Å². The average molecular weight is 249 g/mol. The normalized spacial score (nSPS) is 10.2. The highest BCUT2D eigenvalue weighted by Crippen LogP contribution is 2.32. The molecule has 1 heterocycles. The fraction of sp³-hybridized carbons (Fsp3) is 0.154. The third-order valence-electron chi connectivity index (χ3n) is 2.27. The summed E-state index contributed by atoms with van der Waals surface area (Å²) in [7, 11) is 1.88. The Hall–Kier alpha value is -1.58. The topological polar surface area (TPSA) is 34.1 Å². The van der Waals surface area contributed by atoms with Gasteiger partial charge in [-0.3, -0.25) is 4.98 Å². The highest BCUT2D eigenvalue weighted by atomic mass is 35.5. The van der Waals surface area contributed by atoms with Crippen LogP contribution in [-0.4, -0.2) is 12.0 Å². The molecule has 2 aromatic rings. The molecule has 0 spiro atoms. The SMILES string of the molecule is CNCc1cccc(Cl)c1Oc1cccnc1. The molecule has 4 heteroatoms. The van der Waals surface area contributed by atoms with Crippen LogP contribution in [0.5, 0.6) is 11.5 Å². The molecule has 0 atom stereocenters. The summed E-state index contributed by atoms with van der Waals surface area (Å²) in [5.41, 5.74) is 1.02. The van der Waals surface area contributed by atoms with Crippen molar-refractivity contribution < 1.29 is 4.74 Å². The van der Waals surface area contributed by atoms with Crippen molar-refractivity contribution in [3.8, 4) is 11.5 Å². The lowest BCUT2D eigenvalue weighted by atomic mass is 10.2. The maximum Gasteiger partial charge on any atom is 0.150 e. The molecule has 0 aliphatic carbocycles. The van der Waals surface area contributed by atoms with Crippen molar-refractivity contribution >= 4 is 11.6 Å². The molecule has 0 unspecified atom stereocenters. The van der Waals surface area contributed by atoms with Crippen LogP contribution in [0.4, 0.5) is 0 Å². The highest BCUT2D eigenvalue weighted by molar-refractivity contribution is 6.32. The maximum atomic E-state index is 6.14. The van der Waals surface area contributed by atoms with Gasteiger partial charge in [-0.05, 0) is 25.2 Å². The first-order valence-corrected chi connectivity index (χ1v) is 5.69. The molecule has 17 heavy (non-hydrogen) atoms. The minimum absolute atomic E-state index is 0.599. The number of nitrogens with one attached hydrogen (secondary N) is 1. The molecule has 0 aliphatic rings. The van der Waals surface area contributed by atoms with Crippen LogP contribution in [0, 0.1) is 0 Å². The Bertz CT molecular complexity index is 488. The van der Waals surface area contributed by atoms with Crippen LogP contribution in [0.3, 0.4) is 0 Å². The number of rotatable bonds is 4. The Labute approximate surface area is 105 Å². The predicted molar refractivity (Wildman–Crippen MR) is 68.5 cm³/mol. The van der Waals surface area contributed by atoms with Crippen LogP contribution < -0.4 is 10.1 Å². The van der Waals surface area contributed by atoms with E-state index in [1.54, 1.807) is 12.4 Å². The summed E-state index contributed by atoms with van der Waals surface area (Å²) < 4.78 is 5.76. The smallest absolute Gasteiger partial charge is 0.150 e. The molecule has 1 aromatic heterocycles. The lowest BCUT2D eigenvalue weighted by Gasteiger charge is -2.12. The quantitative estimate of drug-likeness (QED) is 0.902. The highest BCUT2D eigenvalue weighted by Gasteiger charge is 2.08. The molecule has 0 fully saturated rings. The Balaban J connectivity index is 2.31. The number of halogens is 1. The monoisotopic (exact) mass is 248 g/mol. The molecule has 1 N–H and O–H groups in total. The zero-order valence-electron chi connectivity index (χ0n) is 9.48. The molecule has 2 rings (SSSR count). The van der Waals surface area contributed by atoms with Crippen molar-refractivity contribution in [1.82, 2.24) is 10.3 Å². The summed E-state index contributed by atoms with van der Waals surface area (Å²) in [6, 6.07) is 9.37. The molecule has 0 bridgehead atoms. The molecule has 0 saturated carbocycles. The second-order valence-electron chi connectivity index (χ2n) is 3.55. The molecule has 88 valence electrons. The minimum Gasteiger partial charge on any atom is -0.454 e. The summed E-state index contributed by atoms with van der Waals surface area (Å²) >= 11 is 6.14. The summed E-state index contributed by atoms with van der Waals surface area (Å²) in [6.45, 7) is 0.705. The van der Waals surface area contributed by atoms with Crippen molar-refractivity contribution in [1.29, 1.82) is 0 Å². The van der Waals surface area contributed by atoms with Gasteiger partial charge in [-0.25, -0.2) is 0 Å². The van der Waals surface area contributed by atoms with E-state index in [1.165, 1.54) is 0 Å². The van der Waals surface area contributed by atoms with E-state index in [4.69, 9.17) is 16.3 Å². The predicted octanol–water partition coefficient (Wildman–Crippen LogP) is 3.25. The van der Waals surface area contributed by atoms with Crippen molar-refractivity contribution in [2.24, 2.45) is 0 Å². The van der Waals surface area contributed by atoms with E-state index in [-0.39, 0.29) is 0 Å². The number of benzene rings is 1. The van der Waals surface area contributed by atoms with Gasteiger partial charge in [0.05, 0.1) is 11.2 Å². The molecule has 0 radical (unpaired) electrons. The summed E-state index contributed by atoms with van der Waals surface area (Å²) in [5, 5.41) is 3.68. The third kappa shape index (κ3) is 2.96. The van der Waals surface area contributed by atoms with Crippen LogP contribution in [-0.2, 0) is 6.54 Å². The van der Waals surface area contributed by atoms with Crippen LogP contribution in [0.1, 0.15) is 5.56 Å². The van der Waals surface area contributed by atoms with E-state index < -0.39 is 0 Å². The van der Waals surface area contributed by atoms with Gasteiger partial charge in [-0.15, -0.1) is 0 Å². The Morgan fingerprint density at radius 2 is 2.18 bits per heavy atom. The van der Waals surface area contributed by atoms with E-state index in [0.29, 0.717) is 23.1 Å². The zero-order valence-corrected chi connectivity index (χ0v) is 10.2. The van der Waals surface area contributed by atoms with Crippen LogP contribution in [0.25, 0.3) is 0 Å². The largest absolute Gasteiger partial charge is 0.454 e. The molecular formula is C13H13ClN2O. The van der Waals surface area contributed by atoms with E-state index in [0.717, 1.165) is 5.56 Å². The zero-order chi connectivity index (χ0) is 12.1. The van der Waals surface area contributed by atoms with Crippen LogP contribution >= 0.6 is 11.6 Å². The third-order valence-corrected chi connectivity index (χ3v) is 2.57. The molecule has 1 aromatic carbocycles. The van der Waals surface area contributed by atoms with E-state index in [1.807, 2.05) is 37.4 Å². The number of hydrogen-bond donors (Lipinski definition) is 1. The lowest BCUT2D eigenvalue weighted by Crippen LogP contribution is -2.06. The van der Waals surface area contributed by atoms with Gasteiger partial charge in [-0.2, -0.15) is 0 Å². The van der Waals surface area contributed by atoms with E-state index >= 15 is 0 Å². The number of para-hydroxylation sites is 1. The van der Waals surface area contributed by atoms with Gasteiger partial charge in [0.25, 0.3) is 0 Å². The summed E-state index contributed by atoms with van der Waals surface area (Å²) in [4.78, 5) is 4.00. The van der Waals surface area contributed by atoms with Crippen molar-refractivity contribution in [2.45, 2.75) is 6.54 Å². The van der Waals surface area contributed by atoms with Crippen molar-refractivity contribution in [3.63, 3.8) is 0 Å². The Morgan fingerprint density at radius 3 is 2.88 bits per heavy atom. The van der Waals surface area contributed by atoms with E-state index in [9.17, 15) is 0 Å². The minimum atomic E-state index is 0.599. The van der Waals surface area contributed by atoms with Gasteiger partial charge in [0.15, 0.2) is 5.75 Å². The number of aromatic nitrogens is 1. The summed E-state index contributed by atoms with van der Waals surface area (Å²) in [6.07, 6.45) is 3.36. The van der Waals surface area contributed by atoms with Gasteiger partial charge in [0.2, 0.25) is 0 Å². The lowest BCUT2D eigenvalue weighted by molar-refractivity contribution is 0.472. The van der Waals surface area contributed by atoms with Crippen molar-refractivity contribution in [2.75, 3.05) is 7.05 Å². The summed E-state index contributed by atoms with van der Waals surface area (Å²) in [5.74, 6) is 1.36. The van der Waals surface area contributed by atoms with Crippen LogP contribution in [0.2, 0.25) is 5.02 Å². The second-order valence-corrected chi connectivity index (χ2v) is 3.96. The Kier molecular flexibility index (Phi) is 3.96. The average Bonchev–Trinajstić information content (AvgIpc) is 2.35. The van der Waals surface area contributed by atoms with Gasteiger partial charge < -0.3 is 10.1 Å². The Morgan fingerprint density at radius 1 is 1.29 bits per heavy atom. The van der Waals surface area contributed by atoms with Crippen LogP contribution in [0.15, 0.2) is 42.7 Å². The standard InChI is InChI=1S/C13H13ClN2O/c1-15-8-10-4-2-6-12(14)13(10)17-11-5-3-7-16-9-11/h2-7,9,15H,8H2,1H3.